The van der Waals surface area contributed by atoms with E-state index in [1.165, 1.54) is 18.3 Å². The lowest BCUT2D eigenvalue weighted by atomic mass is 10.2. The van der Waals surface area contributed by atoms with Gasteiger partial charge in [-0.05, 0) is 24.7 Å². The van der Waals surface area contributed by atoms with Crippen LogP contribution >= 0.6 is 0 Å². The Morgan fingerprint density at radius 3 is 2.70 bits per heavy atom. The van der Waals surface area contributed by atoms with E-state index in [9.17, 15) is 12.8 Å². The van der Waals surface area contributed by atoms with Crippen molar-refractivity contribution in [3.05, 3.63) is 54.1 Å². The van der Waals surface area contributed by atoms with Crippen molar-refractivity contribution in [2.75, 3.05) is 11.8 Å². The highest BCUT2D eigenvalue weighted by atomic mass is 32.2. The predicted molar refractivity (Wildman–Crippen MR) is 74.2 cm³/mol. The van der Waals surface area contributed by atoms with Crippen molar-refractivity contribution in [1.82, 2.24) is 10.3 Å². The maximum Gasteiger partial charge on any atom is 0.262 e. The Kier molecular flexibility index (Phi) is 4.31. The molecule has 0 unspecified atom stereocenters. The third-order valence-corrected chi connectivity index (χ3v) is 4.11. The number of sulfonamides is 1. The predicted octanol–water partition coefficient (Wildman–Crippen LogP) is 1.74. The Morgan fingerprint density at radius 1 is 1.25 bits per heavy atom. The fourth-order valence-electron chi connectivity index (χ4n) is 1.76. The lowest BCUT2D eigenvalue weighted by Crippen LogP contribution is -2.18. The second-order valence-corrected chi connectivity index (χ2v) is 5.75. The van der Waals surface area contributed by atoms with E-state index in [4.69, 9.17) is 0 Å². The monoisotopic (exact) mass is 295 g/mol. The topological polar surface area (TPSA) is 71.1 Å². The van der Waals surface area contributed by atoms with E-state index in [1.54, 1.807) is 25.2 Å². The fraction of sp³-hybridized carbons (Fsp3) is 0.154. The van der Waals surface area contributed by atoms with Gasteiger partial charge in [0, 0.05) is 12.7 Å². The van der Waals surface area contributed by atoms with E-state index in [1.807, 2.05) is 0 Å². The summed E-state index contributed by atoms with van der Waals surface area (Å²) in [5, 5.41) is 2.90. The van der Waals surface area contributed by atoms with Crippen molar-refractivity contribution in [3.8, 4) is 0 Å². The van der Waals surface area contributed by atoms with Gasteiger partial charge in [0.1, 0.15) is 0 Å². The molecule has 0 fully saturated rings. The number of hydrogen-bond donors (Lipinski definition) is 2. The number of benzene rings is 1. The van der Waals surface area contributed by atoms with Crippen LogP contribution < -0.4 is 10.0 Å². The minimum absolute atomic E-state index is 0.116. The van der Waals surface area contributed by atoms with E-state index in [-0.39, 0.29) is 10.6 Å². The minimum atomic E-state index is -3.85. The molecule has 0 aliphatic heterocycles. The van der Waals surface area contributed by atoms with Crippen molar-refractivity contribution in [1.29, 1.82) is 0 Å². The first-order chi connectivity index (χ1) is 9.54. The maximum absolute atomic E-state index is 13.5. The van der Waals surface area contributed by atoms with Gasteiger partial charge in [0.2, 0.25) is 0 Å². The summed E-state index contributed by atoms with van der Waals surface area (Å²) >= 11 is 0. The highest BCUT2D eigenvalue weighted by molar-refractivity contribution is 7.92. The number of halogens is 1. The highest BCUT2D eigenvalue weighted by Gasteiger charge is 2.19. The molecule has 0 aliphatic rings. The van der Waals surface area contributed by atoms with Gasteiger partial charge in [0.05, 0.1) is 16.8 Å². The van der Waals surface area contributed by atoms with Crippen molar-refractivity contribution in [3.63, 3.8) is 0 Å². The molecule has 0 radical (unpaired) electrons. The van der Waals surface area contributed by atoms with Gasteiger partial charge in [-0.25, -0.2) is 12.8 Å². The summed E-state index contributed by atoms with van der Waals surface area (Å²) in [7, 11) is -2.12. The van der Waals surface area contributed by atoms with E-state index < -0.39 is 15.8 Å². The van der Waals surface area contributed by atoms with Crippen LogP contribution in [0.25, 0.3) is 0 Å². The second kappa shape index (κ2) is 5.98. The average Bonchev–Trinajstić information content (AvgIpc) is 2.42. The molecule has 2 aromatic rings. The number of pyridine rings is 1. The molecule has 0 amide bonds. The van der Waals surface area contributed by atoms with E-state index >= 15 is 0 Å². The molecule has 1 aromatic carbocycles. The van der Waals surface area contributed by atoms with Crippen molar-refractivity contribution in [2.45, 2.75) is 11.4 Å². The van der Waals surface area contributed by atoms with Crippen molar-refractivity contribution >= 4 is 15.7 Å². The van der Waals surface area contributed by atoms with Crippen molar-refractivity contribution in [2.24, 2.45) is 0 Å². The standard InChI is InChI=1S/C13H14FN3O2S/c1-15-8-10-4-2-3-5-13(10)20(18,19)17-12-6-7-16-9-11(12)14/h2-7,9,15H,8H2,1H3,(H,16,17). The molecule has 0 saturated carbocycles. The van der Waals surface area contributed by atoms with Gasteiger partial charge >= 0.3 is 0 Å². The number of rotatable bonds is 5. The Hall–Kier alpha value is -1.99. The Labute approximate surface area is 116 Å². The third-order valence-electron chi connectivity index (χ3n) is 2.65. The normalized spacial score (nSPS) is 11.3. The average molecular weight is 295 g/mol. The molecule has 2 rings (SSSR count). The highest BCUT2D eigenvalue weighted by Crippen LogP contribution is 2.20. The molecule has 0 spiro atoms. The zero-order valence-electron chi connectivity index (χ0n) is 10.8. The summed E-state index contributed by atoms with van der Waals surface area (Å²) in [6, 6.07) is 7.82. The van der Waals surface area contributed by atoms with Gasteiger partial charge in [-0.1, -0.05) is 18.2 Å². The number of hydrogen-bond acceptors (Lipinski definition) is 4. The summed E-state index contributed by atoms with van der Waals surface area (Å²) in [4.78, 5) is 3.69. The first kappa shape index (κ1) is 14.4. The Morgan fingerprint density at radius 2 is 2.00 bits per heavy atom. The molecule has 5 nitrogen and oxygen atoms in total. The second-order valence-electron chi connectivity index (χ2n) is 4.10. The molecule has 1 aromatic heterocycles. The van der Waals surface area contributed by atoms with Gasteiger partial charge in [-0.3, -0.25) is 9.71 Å². The summed E-state index contributed by atoms with van der Waals surface area (Å²) in [6.45, 7) is 0.399. The molecule has 0 atom stereocenters. The molecular weight excluding hydrogens is 281 g/mol. The van der Waals surface area contributed by atoms with Crippen LogP contribution in [0.2, 0.25) is 0 Å². The number of nitrogens with zero attached hydrogens (tertiary/aromatic N) is 1. The Balaban J connectivity index is 2.39. The largest absolute Gasteiger partial charge is 0.316 e. The van der Waals surface area contributed by atoms with Crippen LogP contribution in [-0.2, 0) is 16.6 Å². The molecule has 2 N–H and O–H groups in total. The molecule has 20 heavy (non-hydrogen) atoms. The fourth-order valence-corrected chi connectivity index (χ4v) is 3.07. The van der Waals surface area contributed by atoms with Gasteiger partial charge < -0.3 is 5.32 Å². The van der Waals surface area contributed by atoms with E-state index in [0.29, 0.717) is 12.1 Å². The molecule has 1 heterocycles. The number of anilines is 1. The SMILES string of the molecule is CNCc1ccccc1S(=O)(=O)Nc1ccncc1F. The first-order valence-electron chi connectivity index (χ1n) is 5.89. The minimum Gasteiger partial charge on any atom is -0.316 e. The lowest BCUT2D eigenvalue weighted by Gasteiger charge is -2.12. The molecular formula is C13H14FN3O2S. The van der Waals surface area contributed by atoms with Crippen LogP contribution in [0, 0.1) is 5.82 Å². The molecule has 106 valence electrons. The first-order valence-corrected chi connectivity index (χ1v) is 7.38. The van der Waals surface area contributed by atoms with Gasteiger partial charge in [0.25, 0.3) is 10.0 Å². The molecule has 7 heteroatoms. The van der Waals surface area contributed by atoms with Crippen LogP contribution in [-0.4, -0.2) is 20.4 Å². The van der Waals surface area contributed by atoms with E-state index in [2.05, 4.69) is 15.0 Å². The summed E-state index contributed by atoms with van der Waals surface area (Å²) in [5.74, 6) is -0.720. The quantitative estimate of drug-likeness (QED) is 0.881. The van der Waals surface area contributed by atoms with Crippen LogP contribution in [0.1, 0.15) is 5.56 Å². The van der Waals surface area contributed by atoms with Crippen LogP contribution in [0.3, 0.4) is 0 Å². The summed E-state index contributed by atoms with van der Waals surface area (Å²) in [5.41, 5.74) is 0.483. The zero-order chi connectivity index (χ0) is 14.6. The number of aromatic nitrogens is 1. The van der Waals surface area contributed by atoms with Gasteiger partial charge in [0.15, 0.2) is 5.82 Å². The third kappa shape index (κ3) is 3.12. The lowest BCUT2D eigenvalue weighted by molar-refractivity contribution is 0.596. The molecule has 0 saturated heterocycles. The van der Waals surface area contributed by atoms with Crippen LogP contribution in [0.4, 0.5) is 10.1 Å². The smallest absolute Gasteiger partial charge is 0.262 e. The van der Waals surface area contributed by atoms with Gasteiger partial charge in [-0.15, -0.1) is 0 Å². The zero-order valence-corrected chi connectivity index (χ0v) is 11.6. The van der Waals surface area contributed by atoms with Crippen molar-refractivity contribution < 1.29 is 12.8 Å². The molecule has 0 aliphatic carbocycles. The number of nitrogens with one attached hydrogen (secondary N) is 2. The van der Waals surface area contributed by atoms with Crippen LogP contribution in [0.15, 0.2) is 47.6 Å². The van der Waals surface area contributed by atoms with Crippen LogP contribution in [0.5, 0.6) is 0 Å². The summed E-state index contributed by atoms with van der Waals surface area (Å²) < 4.78 is 40.4. The van der Waals surface area contributed by atoms with Gasteiger partial charge in [-0.2, -0.15) is 0 Å². The molecule has 0 bridgehead atoms. The maximum atomic E-state index is 13.5. The summed E-state index contributed by atoms with van der Waals surface area (Å²) in [6.07, 6.45) is 2.28. The Bertz CT molecular complexity index is 704. The van der Waals surface area contributed by atoms with E-state index in [0.717, 1.165) is 6.20 Å².